The lowest BCUT2D eigenvalue weighted by molar-refractivity contribution is -0.136. The van der Waals surface area contributed by atoms with E-state index in [-0.39, 0.29) is 10.5 Å². The maximum absolute atomic E-state index is 13.7. The van der Waals surface area contributed by atoms with Crippen LogP contribution in [0.1, 0.15) is 24.0 Å². The summed E-state index contributed by atoms with van der Waals surface area (Å²) in [6.07, 6.45) is -2.41. The fourth-order valence-electron chi connectivity index (χ4n) is 3.80. The minimum atomic E-state index is -4.52. The molecular formula is C21H20ClF3N4. The van der Waals surface area contributed by atoms with Crippen molar-refractivity contribution in [2.24, 2.45) is 12.8 Å². The third kappa shape index (κ3) is 3.49. The van der Waals surface area contributed by atoms with Gasteiger partial charge < -0.3 is 15.3 Å². The van der Waals surface area contributed by atoms with Crippen LogP contribution in [-0.2, 0) is 19.6 Å². The number of halogens is 4. The standard InChI is InChI=1S/C21H20ClF3N4/c1-29-17-8-3-2-7-16(17)27-20(29)19-13(6-4-5-9-26)14-10-12(22)11-15(18(14)28-19)21(23,24)25/h2-3,7-8,10-11,28H,4-6,9,26H2,1H3. The van der Waals surface area contributed by atoms with Crippen LogP contribution in [0, 0.1) is 0 Å². The maximum Gasteiger partial charge on any atom is 0.418 e. The van der Waals surface area contributed by atoms with Gasteiger partial charge in [-0.15, -0.1) is 0 Å². The molecule has 4 aromatic rings. The van der Waals surface area contributed by atoms with Crippen molar-refractivity contribution in [2.45, 2.75) is 25.4 Å². The van der Waals surface area contributed by atoms with Gasteiger partial charge in [0.1, 0.15) is 0 Å². The van der Waals surface area contributed by atoms with Crippen LogP contribution in [0.15, 0.2) is 36.4 Å². The molecule has 2 aromatic carbocycles. The van der Waals surface area contributed by atoms with Gasteiger partial charge >= 0.3 is 6.18 Å². The Morgan fingerprint density at radius 3 is 2.62 bits per heavy atom. The van der Waals surface area contributed by atoms with E-state index in [1.165, 1.54) is 0 Å². The molecule has 0 saturated carbocycles. The molecule has 0 atom stereocenters. The minimum Gasteiger partial charge on any atom is -0.351 e. The summed E-state index contributed by atoms with van der Waals surface area (Å²) in [4.78, 5) is 7.69. The van der Waals surface area contributed by atoms with Crippen LogP contribution in [0.2, 0.25) is 5.02 Å². The fourth-order valence-corrected chi connectivity index (χ4v) is 4.02. The number of nitrogens with one attached hydrogen (secondary N) is 1. The normalized spacial score (nSPS) is 12.3. The molecule has 0 aliphatic carbocycles. The second-order valence-corrected chi connectivity index (χ2v) is 7.52. The first-order chi connectivity index (χ1) is 13.8. The highest BCUT2D eigenvalue weighted by Crippen LogP contribution is 2.41. The highest BCUT2D eigenvalue weighted by atomic mass is 35.5. The third-order valence-corrected chi connectivity index (χ3v) is 5.40. The topological polar surface area (TPSA) is 59.6 Å². The van der Waals surface area contributed by atoms with Crippen molar-refractivity contribution in [1.29, 1.82) is 0 Å². The monoisotopic (exact) mass is 420 g/mol. The van der Waals surface area contributed by atoms with E-state index in [9.17, 15) is 13.2 Å². The summed E-state index contributed by atoms with van der Waals surface area (Å²) in [5.74, 6) is 0.592. The third-order valence-electron chi connectivity index (χ3n) is 5.18. The zero-order chi connectivity index (χ0) is 20.8. The van der Waals surface area contributed by atoms with Crippen LogP contribution < -0.4 is 5.73 Å². The van der Waals surface area contributed by atoms with Crippen LogP contribution in [0.3, 0.4) is 0 Å². The molecule has 0 saturated heterocycles. The first kappa shape index (κ1) is 19.8. The van der Waals surface area contributed by atoms with E-state index >= 15 is 0 Å². The number of nitrogens with zero attached hydrogens (tertiary/aromatic N) is 2. The van der Waals surface area contributed by atoms with Crippen molar-refractivity contribution in [2.75, 3.05) is 6.54 Å². The zero-order valence-corrected chi connectivity index (χ0v) is 16.5. The number of fused-ring (bicyclic) bond motifs is 2. The Hall–Kier alpha value is -2.51. The van der Waals surface area contributed by atoms with Crippen molar-refractivity contribution >= 4 is 33.5 Å². The maximum atomic E-state index is 13.7. The van der Waals surface area contributed by atoms with E-state index < -0.39 is 11.7 Å². The summed E-state index contributed by atoms with van der Waals surface area (Å²) >= 11 is 6.06. The molecule has 3 N–H and O–H groups in total. The Morgan fingerprint density at radius 1 is 1.17 bits per heavy atom. The number of nitrogens with two attached hydrogens (primary N) is 1. The van der Waals surface area contributed by atoms with Gasteiger partial charge in [0.15, 0.2) is 5.82 Å². The Bertz CT molecular complexity index is 1190. The van der Waals surface area contributed by atoms with E-state index in [2.05, 4.69) is 9.97 Å². The Balaban J connectivity index is 2.01. The van der Waals surface area contributed by atoms with Crippen LogP contribution in [-0.4, -0.2) is 21.1 Å². The van der Waals surface area contributed by atoms with E-state index in [4.69, 9.17) is 17.3 Å². The van der Waals surface area contributed by atoms with Gasteiger partial charge in [0.05, 0.1) is 27.8 Å². The lowest BCUT2D eigenvalue weighted by Crippen LogP contribution is -2.05. The molecule has 2 aromatic heterocycles. The molecular weight excluding hydrogens is 401 g/mol. The molecule has 0 amide bonds. The lowest BCUT2D eigenvalue weighted by atomic mass is 10.0. The number of aromatic nitrogens is 3. The quantitative estimate of drug-likeness (QED) is 0.408. The first-order valence-corrected chi connectivity index (χ1v) is 9.72. The van der Waals surface area contributed by atoms with E-state index in [1.54, 1.807) is 6.07 Å². The number of aryl methyl sites for hydroxylation is 2. The molecule has 0 aliphatic rings. The predicted octanol–water partition coefficient (Wildman–Crippen LogP) is 5.68. The second-order valence-electron chi connectivity index (χ2n) is 7.08. The summed E-state index contributed by atoms with van der Waals surface area (Å²) in [6, 6.07) is 10.2. The number of imidazole rings is 1. The number of para-hydroxylation sites is 2. The van der Waals surface area contributed by atoms with Crippen molar-refractivity contribution < 1.29 is 13.2 Å². The Kier molecular flexibility index (Phi) is 5.04. The van der Waals surface area contributed by atoms with Crippen molar-refractivity contribution in [1.82, 2.24) is 14.5 Å². The minimum absolute atomic E-state index is 0.0340. The van der Waals surface area contributed by atoms with E-state index in [0.29, 0.717) is 29.9 Å². The SMILES string of the molecule is Cn1c(-c2[nH]c3c(C(F)(F)F)cc(Cl)cc3c2CCCCN)nc2ccccc21. The lowest BCUT2D eigenvalue weighted by Gasteiger charge is -2.09. The molecule has 2 heterocycles. The molecule has 0 radical (unpaired) electrons. The van der Waals surface area contributed by atoms with Crippen LogP contribution in [0.5, 0.6) is 0 Å². The first-order valence-electron chi connectivity index (χ1n) is 9.34. The molecule has 152 valence electrons. The predicted molar refractivity (Wildman–Crippen MR) is 110 cm³/mol. The smallest absolute Gasteiger partial charge is 0.351 e. The second kappa shape index (κ2) is 7.39. The number of alkyl halides is 3. The average molecular weight is 421 g/mol. The molecule has 0 bridgehead atoms. The number of rotatable bonds is 5. The molecule has 8 heteroatoms. The van der Waals surface area contributed by atoms with Crippen LogP contribution in [0.25, 0.3) is 33.5 Å². The summed E-state index contributed by atoms with van der Waals surface area (Å²) in [5.41, 5.74) is 7.93. The molecule has 0 spiro atoms. The van der Waals surface area contributed by atoms with Gasteiger partial charge in [0.25, 0.3) is 0 Å². The van der Waals surface area contributed by atoms with Gasteiger partial charge in [-0.05, 0) is 55.6 Å². The number of unbranched alkanes of at least 4 members (excludes halogenated alkanes) is 1. The van der Waals surface area contributed by atoms with E-state index in [0.717, 1.165) is 35.5 Å². The summed E-state index contributed by atoms with van der Waals surface area (Å²) in [5, 5.41) is 0.532. The van der Waals surface area contributed by atoms with Gasteiger partial charge in [-0.25, -0.2) is 4.98 Å². The summed E-state index contributed by atoms with van der Waals surface area (Å²) < 4.78 is 42.9. The Labute approximate surface area is 170 Å². The number of hydrogen-bond donors (Lipinski definition) is 2. The number of aromatic amines is 1. The highest BCUT2D eigenvalue weighted by molar-refractivity contribution is 6.31. The largest absolute Gasteiger partial charge is 0.418 e. The molecule has 0 unspecified atom stereocenters. The van der Waals surface area contributed by atoms with Crippen LogP contribution >= 0.6 is 11.6 Å². The molecule has 29 heavy (non-hydrogen) atoms. The molecule has 4 nitrogen and oxygen atoms in total. The summed E-state index contributed by atoms with van der Waals surface area (Å²) in [6.45, 7) is 0.526. The van der Waals surface area contributed by atoms with Crippen molar-refractivity contribution in [3.8, 4) is 11.5 Å². The molecule has 0 fully saturated rings. The number of H-pyrrole nitrogens is 1. The van der Waals surface area contributed by atoms with Gasteiger partial charge in [-0.3, -0.25) is 0 Å². The van der Waals surface area contributed by atoms with Gasteiger partial charge in [-0.1, -0.05) is 23.7 Å². The average Bonchev–Trinajstić information content (AvgIpc) is 3.19. The summed E-state index contributed by atoms with van der Waals surface area (Å²) in [7, 11) is 1.86. The highest BCUT2D eigenvalue weighted by Gasteiger charge is 2.35. The zero-order valence-electron chi connectivity index (χ0n) is 15.8. The number of hydrogen-bond acceptors (Lipinski definition) is 2. The Morgan fingerprint density at radius 2 is 1.93 bits per heavy atom. The van der Waals surface area contributed by atoms with Crippen molar-refractivity contribution in [3.05, 3.63) is 52.5 Å². The van der Waals surface area contributed by atoms with Gasteiger partial charge in [0.2, 0.25) is 0 Å². The van der Waals surface area contributed by atoms with E-state index in [1.807, 2.05) is 35.9 Å². The van der Waals surface area contributed by atoms with Crippen LogP contribution in [0.4, 0.5) is 13.2 Å². The fraction of sp³-hybridized carbons (Fsp3) is 0.286. The molecule has 0 aliphatic heterocycles. The van der Waals surface area contributed by atoms with Crippen molar-refractivity contribution in [3.63, 3.8) is 0 Å². The number of benzene rings is 2. The van der Waals surface area contributed by atoms with Gasteiger partial charge in [0, 0.05) is 17.5 Å². The molecule has 4 rings (SSSR count). The van der Waals surface area contributed by atoms with Gasteiger partial charge in [-0.2, -0.15) is 13.2 Å².